The molecule has 0 spiro atoms. The predicted molar refractivity (Wildman–Crippen MR) is 135 cm³/mol. The smallest absolute Gasteiger partial charge is 0.336 e. The van der Waals surface area contributed by atoms with Crippen molar-refractivity contribution in [3.05, 3.63) is 70.4 Å². The number of aliphatic imine (C=N–C) groups is 1. The van der Waals surface area contributed by atoms with Gasteiger partial charge in [-0.1, -0.05) is 49.7 Å². The standard InChI is InChI=1S/C29H33NO5/c1-17-7-9-19(10-8-17)16-35-23-12-11-20(13-24(23)33-5)26-25(28(32)34-6)18(2)30-21-14-29(3,4)15-22(31)27(21)26/h7-13,26-27H,14-16H2,1-6H3/t26-,27?/m0/s1. The second-order valence-corrected chi connectivity index (χ2v) is 10.2. The topological polar surface area (TPSA) is 74.2 Å². The van der Waals surface area contributed by atoms with Gasteiger partial charge in [-0.15, -0.1) is 0 Å². The molecule has 184 valence electrons. The molecule has 4 rings (SSSR count). The number of benzene rings is 2. The number of ketones is 1. The molecule has 2 atom stereocenters. The van der Waals surface area contributed by atoms with Crippen molar-refractivity contribution in [1.82, 2.24) is 0 Å². The van der Waals surface area contributed by atoms with Crippen molar-refractivity contribution in [1.29, 1.82) is 0 Å². The summed E-state index contributed by atoms with van der Waals surface area (Å²) in [6.45, 7) is 8.42. The number of nitrogens with zero attached hydrogens (tertiary/aromatic N) is 1. The Labute approximate surface area is 207 Å². The third kappa shape index (κ3) is 5.02. The number of ether oxygens (including phenoxy) is 3. The summed E-state index contributed by atoms with van der Waals surface area (Å²) in [5.41, 5.74) is 4.73. The van der Waals surface area contributed by atoms with Gasteiger partial charge in [0.2, 0.25) is 0 Å². The number of hydrogen-bond acceptors (Lipinski definition) is 6. The Balaban J connectivity index is 1.71. The predicted octanol–water partition coefficient (Wildman–Crippen LogP) is 5.57. The van der Waals surface area contributed by atoms with E-state index in [1.54, 1.807) is 7.11 Å². The van der Waals surface area contributed by atoms with Crippen LogP contribution in [0.25, 0.3) is 0 Å². The van der Waals surface area contributed by atoms with Gasteiger partial charge >= 0.3 is 5.97 Å². The Bertz CT molecular complexity index is 1210. The maximum atomic E-state index is 13.4. The summed E-state index contributed by atoms with van der Waals surface area (Å²) in [4.78, 5) is 31.0. The van der Waals surface area contributed by atoms with Gasteiger partial charge in [-0.2, -0.15) is 0 Å². The quantitative estimate of drug-likeness (QED) is 0.511. The maximum Gasteiger partial charge on any atom is 0.336 e. The lowest BCUT2D eigenvalue weighted by atomic mass is 9.63. The van der Waals surface area contributed by atoms with Crippen molar-refractivity contribution in [2.45, 2.75) is 53.1 Å². The Morgan fingerprint density at radius 1 is 1.00 bits per heavy atom. The van der Waals surface area contributed by atoms with E-state index in [1.165, 1.54) is 12.7 Å². The molecular formula is C29H33NO5. The first-order valence-electron chi connectivity index (χ1n) is 11.9. The highest BCUT2D eigenvalue weighted by Gasteiger charge is 2.47. The largest absolute Gasteiger partial charge is 0.493 e. The summed E-state index contributed by atoms with van der Waals surface area (Å²) in [5, 5.41) is 0. The Morgan fingerprint density at radius 3 is 2.37 bits per heavy atom. The summed E-state index contributed by atoms with van der Waals surface area (Å²) in [6, 6.07) is 13.8. The van der Waals surface area contributed by atoms with Crippen molar-refractivity contribution in [3.63, 3.8) is 0 Å². The van der Waals surface area contributed by atoms with Crippen LogP contribution in [0.1, 0.15) is 56.2 Å². The third-order valence-corrected chi connectivity index (χ3v) is 6.83. The van der Waals surface area contributed by atoms with Crippen LogP contribution in [0, 0.1) is 18.3 Å². The highest BCUT2D eigenvalue weighted by atomic mass is 16.5. The molecule has 2 aromatic rings. The van der Waals surface area contributed by atoms with E-state index in [9.17, 15) is 9.59 Å². The van der Waals surface area contributed by atoms with Crippen molar-refractivity contribution in [2.75, 3.05) is 14.2 Å². The van der Waals surface area contributed by atoms with Gasteiger partial charge in [-0.05, 0) is 48.9 Å². The van der Waals surface area contributed by atoms with Crippen LogP contribution in [0.15, 0.2) is 58.7 Å². The van der Waals surface area contributed by atoms with E-state index < -0.39 is 17.8 Å². The number of Topliss-reactive ketones (excluding diaryl/α,β-unsaturated/α-hetero) is 1. The third-order valence-electron chi connectivity index (χ3n) is 6.83. The monoisotopic (exact) mass is 475 g/mol. The first-order chi connectivity index (χ1) is 16.6. The van der Waals surface area contributed by atoms with E-state index in [2.05, 4.69) is 13.8 Å². The van der Waals surface area contributed by atoms with Crippen LogP contribution in [0.2, 0.25) is 0 Å². The first kappa shape index (κ1) is 24.7. The Morgan fingerprint density at radius 2 is 1.71 bits per heavy atom. The first-order valence-corrected chi connectivity index (χ1v) is 11.9. The SMILES string of the molecule is COC(=O)C1=C(C)N=C2CC(C)(C)CC(=O)C2[C@H]1c1ccc(OCc2ccc(C)cc2)c(OC)c1. The van der Waals surface area contributed by atoms with Crippen LogP contribution >= 0.6 is 0 Å². The lowest BCUT2D eigenvalue weighted by Crippen LogP contribution is -2.44. The molecule has 1 saturated carbocycles. The minimum atomic E-state index is -0.496. The Hall–Kier alpha value is -3.41. The fourth-order valence-electron chi connectivity index (χ4n) is 5.17. The molecule has 0 amide bonds. The molecule has 2 aliphatic rings. The number of fused-ring (bicyclic) bond motifs is 1. The summed E-state index contributed by atoms with van der Waals surface area (Å²) < 4.78 is 16.8. The molecule has 0 radical (unpaired) electrons. The van der Waals surface area contributed by atoms with Crippen LogP contribution in [0.3, 0.4) is 0 Å². The Kier molecular flexibility index (Phi) is 6.84. The lowest BCUT2D eigenvalue weighted by Gasteiger charge is -2.41. The van der Waals surface area contributed by atoms with Gasteiger partial charge < -0.3 is 14.2 Å². The number of hydrogen-bond donors (Lipinski definition) is 0. The minimum Gasteiger partial charge on any atom is -0.493 e. The molecule has 6 heteroatoms. The molecule has 1 unspecified atom stereocenters. The number of allylic oxidation sites excluding steroid dienone is 1. The summed E-state index contributed by atoms with van der Waals surface area (Å²) >= 11 is 0. The van der Waals surface area contributed by atoms with Gasteiger partial charge in [-0.25, -0.2) is 4.79 Å². The molecule has 0 bridgehead atoms. The van der Waals surface area contributed by atoms with Gasteiger partial charge in [0, 0.05) is 23.7 Å². The molecule has 1 fully saturated rings. The van der Waals surface area contributed by atoms with E-state index in [-0.39, 0.29) is 11.2 Å². The van der Waals surface area contributed by atoms with Gasteiger partial charge in [0.1, 0.15) is 12.4 Å². The normalized spacial score (nSPS) is 21.2. The van der Waals surface area contributed by atoms with Gasteiger partial charge in [-0.3, -0.25) is 9.79 Å². The highest BCUT2D eigenvalue weighted by molar-refractivity contribution is 6.12. The number of esters is 1. The zero-order chi connectivity index (χ0) is 25.3. The number of methoxy groups -OCH3 is 2. The molecule has 0 saturated heterocycles. The minimum absolute atomic E-state index is 0.0950. The number of aryl methyl sites for hydroxylation is 1. The number of carbonyl (C=O) groups is 2. The van der Waals surface area contributed by atoms with E-state index in [0.717, 1.165) is 16.8 Å². The van der Waals surface area contributed by atoms with E-state index in [0.29, 0.717) is 42.2 Å². The van der Waals surface area contributed by atoms with Crippen LogP contribution in [0.4, 0.5) is 0 Å². The van der Waals surface area contributed by atoms with Gasteiger partial charge in [0.15, 0.2) is 11.5 Å². The highest BCUT2D eigenvalue weighted by Crippen LogP contribution is 2.48. The molecule has 1 aliphatic heterocycles. The zero-order valence-corrected chi connectivity index (χ0v) is 21.3. The van der Waals surface area contributed by atoms with Crippen molar-refractivity contribution < 1.29 is 23.8 Å². The van der Waals surface area contributed by atoms with Gasteiger partial charge in [0.25, 0.3) is 0 Å². The molecule has 1 heterocycles. The van der Waals surface area contributed by atoms with Gasteiger partial charge in [0.05, 0.1) is 25.7 Å². The second kappa shape index (κ2) is 9.68. The molecule has 0 N–H and O–H groups in total. The molecule has 35 heavy (non-hydrogen) atoms. The van der Waals surface area contributed by atoms with Crippen LogP contribution in [-0.2, 0) is 20.9 Å². The second-order valence-electron chi connectivity index (χ2n) is 10.2. The average molecular weight is 476 g/mol. The molecule has 2 aromatic carbocycles. The number of carbonyl (C=O) groups excluding carboxylic acids is 2. The van der Waals surface area contributed by atoms with E-state index in [4.69, 9.17) is 19.2 Å². The molecule has 0 aromatic heterocycles. The molecule has 1 aliphatic carbocycles. The molecule has 6 nitrogen and oxygen atoms in total. The molecular weight excluding hydrogens is 442 g/mol. The van der Waals surface area contributed by atoms with Crippen LogP contribution in [0.5, 0.6) is 11.5 Å². The summed E-state index contributed by atoms with van der Waals surface area (Å²) in [7, 11) is 2.94. The summed E-state index contributed by atoms with van der Waals surface area (Å²) in [6.07, 6.45) is 1.15. The van der Waals surface area contributed by atoms with E-state index in [1.807, 2.05) is 56.3 Å². The van der Waals surface area contributed by atoms with Crippen molar-refractivity contribution >= 4 is 17.5 Å². The lowest BCUT2D eigenvalue weighted by molar-refractivity contribution is -0.136. The fraction of sp³-hybridized carbons (Fsp3) is 0.414. The maximum absolute atomic E-state index is 13.4. The average Bonchev–Trinajstić information content (AvgIpc) is 2.81. The van der Waals surface area contributed by atoms with Crippen molar-refractivity contribution in [2.24, 2.45) is 16.3 Å². The zero-order valence-electron chi connectivity index (χ0n) is 21.3. The van der Waals surface area contributed by atoms with E-state index >= 15 is 0 Å². The van der Waals surface area contributed by atoms with Crippen LogP contribution < -0.4 is 9.47 Å². The van der Waals surface area contributed by atoms with Crippen molar-refractivity contribution in [3.8, 4) is 11.5 Å². The van der Waals surface area contributed by atoms with Crippen LogP contribution in [-0.4, -0.2) is 31.7 Å². The number of rotatable bonds is 6. The summed E-state index contributed by atoms with van der Waals surface area (Å²) in [5.74, 6) is -0.213. The fourth-order valence-corrected chi connectivity index (χ4v) is 5.17.